The maximum atomic E-state index is 12.7. The summed E-state index contributed by atoms with van der Waals surface area (Å²) in [6.07, 6.45) is 2.88. The van der Waals surface area contributed by atoms with Crippen LogP contribution in [0.2, 0.25) is 0 Å². The summed E-state index contributed by atoms with van der Waals surface area (Å²) < 4.78 is 27.0. The van der Waals surface area contributed by atoms with E-state index in [4.69, 9.17) is 0 Å². The van der Waals surface area contributed by atoms with Crippen LogP contribution in [-0.4, -0.2) is 49.2 Å². The number of amides is 1. The van der Waals surface area contributed by atoms with Crippen molar-refractivity contribution in [2.24, 2.45) is 0 Å². The molecule has 1 aliphatic rings. The zero-order valence-electron chi connectivity index (χ0n) is 18.7. The van der Waals surface area contributed by atoms with Gasteiger partial charge in [0.1, 0.15) is 0 Å². The lowest BCUT2D eigenvalue weighted by Crippen LogP contribution is -2.35. The van der Waals surface area contributed by atoms with Crippen LogP contribution in [0.4, 0.5) is 5.69 Å². The van der Waals surface area contributed by atoms with Crippen LogP contribution in [0.1, 0.15) is 56.0 Å². The van der Waals surface area contributed by atoms with Crippen molar-refractivity contribution in [2.45, 2.75) is 57.5 Å². The van der Waals surface area contributed by atoms with E-state index in [9.17, 15) is 13.2 Å². The monoisotopic (exact) mass is 443 g/mol. The Morgan fingerprint density at radius 2 is 1.61 bits per heavy atom. The summed E-state index contributed by atoms with van der Waals surface area (Å²) in [6.45, 7) is 9.47. The second-order valence-electron chi connectivity index (χ2n) is 8.30. The van der Waals surface area contributed by atoms with E-state index in [0.29, 0.717) is 30.4 Å². The van der Waals surface area contributed by atoms with Gasteiger partial charge in [-0.15, -0.1) is 0 Å². The molecule has 1 heterocycles. The highest BCUT2D eigenvalue weighted by molar-refractivity contribution is 7.89. The lowest BCUT2D eigenvalue weighted by molar-refractivity contribution is 0.102. The number of rotatable bonds is 8. The van der Waals surface area contributed by atoms with Crippen molar-refractivity contribution >= 4 is 21.6 Å². The van der Waals surface area contributed by atoms with E-state index in [1.165, 1.54) is 5.56 Å². The van der Waals surface area contributed by atoms with Gasteiger partial charge in [-0.25, -0.2) is 8.42 Å². The van der Waals surface area contributed by atoms with Gasteiger partial charge in [0.15, 0.2) is 0 Å². The fraction of sp³-hybridized carbons (Fsp3) is 0.458. The Balaban J connectivity index is 1.63. The first-order valence-corrected chi connectivity index (χ1v) is 12.5. The van der Waals surface area contributed by atoms with Crippen LogP contribution in [0.3, 0.4) is 0 Å². The Hall–Kier alpha value is -2.22. The zero-order chi connectivity index (χ0) is 22.4. The highest BCUT2D eigenvalue weighted by Gasteiger charge is 2.25. The molecule has 2 aromatic carbocycles. The van der Waals surface area contributed by atoms with E-state index in [0.717, 1.165) is 32.4 Å². The molecule has 0 radical (unpaired) electrons. The Morgan fingerprint density at radius 3 is 2.16 bits per heavy atom. The largest absolute Gasteiger partial charge is 0.322 e. The van der Waals surface area contributed by atoms with Crippen LogP contribution in [0.25, 0.3) is 0 Å². The second-order valence-corrected chi connectivity index (χ2v) is 10.2. The minimum Gasteiger partial charge on any atom is -0.322 e. The average molecular weight is 444 g/mol. The van der Waals surface area contributed by atoms with Crippen molar-refractivity contribution in [3.8, 4) is 0 Å². The summed E-state index contributed by atoms with van der Waals surface area (Å²) in [5.74, 6) is -0.214. The van der Waals surface area contributed by atoms with Crippen LogP contribution >= 0.6 is 0 Å². The van der Waals surface area contributed by atoms with Crippen molar-refractivity contribution in [1.82, 2.24) is 9.21 Å². The molecule has 1 N–H and O–H groups in total. The van der Waals surface area contributed by atoms with Gasteiger partial charge in [0.25, 0.3) is 5.91 Å². The van der Waals surface area contributed by atoms with Gasteiger partial charge in [-0.3, -0.25) is 9.69 Å². The Labute approximate surface area is 186 Å². The van der Waals surface area contributed by atoms with Gasteiger partial charge < -0.3 is 5.32 Å². The number of sulfonamides is 1. The number of anilines is 1. The third-order valence-corrected chi connectivity index (χ3v) is 7.72. The number of carbonyl (C=O) groups excluding carboxylic acids is 1. The van der Waals surface area contributed by atoms with Crippen LogP contribution in [-0.2, 0) is 16.6 Å². The average Bonchev–Trinajstić information content (AvgIpc) is 2.78. The topological polar surface area (TPSA) is 69.7 Å². The summed E-state index contributed by atoms with van der Waals surface area (Å²) in [5.41, 5.74) is 2.31. The molecule has 1 aliphatic heterocycles. The smallest absolute Gasteiger partial charge is 0.255 e. The zero-order valence-corrected chi connectivity index (χ0v) is 19.5. The SMILES string of the molecule is CCN(Cc1ccc(C(=O)Nc2ccc(S(=O)(=O)N3CCCCC3)cc2)cc1)C(C)C. The standard InChI is InChI=1S/C24H33N3O3S/c1-4-26(19(2)3)18-20-8-10-21(11-9-20)24(28)25-22-12-14-23(15-13-22)31(29,30)27-16-6-5-7-17-27/h8-15,19H,4-7,16-18H2,1-3H3,(H,25,28). The molecular formula is C24H33N3O3S. The summed E-state index contributed by atoms with van der Waals surface area (Å²) in [7, 11) is -3.47. The first-order valence-electron chi connectivity index (χ1n) is 11.1. The first kappa shape index (κ1) is 23.4. The maximum Gasteiger partial charge on any atom is 0.255 e. The molecule has 0 bridgehead atoms. The van der Waals surface area contributed by atoms with Crippen LogP contribution in [0.15, 0.2) is 53.4 Å². The third kappa shape index (κ3) is 5.93. The van der Waals surface area contributed by atoms with Gasteiger partial charge in [-0.1, -0.05) is 25.5 Å². The Morgan fingerprint density at radius 1 is 1.00 bits per heavy atom. The van der Waals surface area contributed by atoms with E-state index in [2.05, 4.69) is 31.0 Å². The Bertz CT molecular complexity index is 964. The van der Waals surface area contributed by atoms with Crippen molar-refractivity contribution in [1.29, 1.82) is 0 Å². The first-order chi connectivity index (χ1) is 14.8. The van der Waals surface area contributed by atoms with E-state index in [1.54, 1.807) is 28.6 Å². The molecule has 6 nitrogen and oxygen atoms in total. The van der Waals surface area contributed by atoms with Gasteiger partial charge in [-0.05, 0) is 75.2 Å². The molecule has 2 aromatic rings. The van der Waals surface area contributed by atoms with Crippen LogP contribution in [0, 0.1) is 0 Å². The number of nitrogens with one attached hydrogen (secondary N) is 1. The Kier molecular flexibility index (Phi) is 7.86. The van der Waals surface area contributed by atoms with Crippen molar-refractivity contribution in [3.63, 3.8) is 0 Å². The molecule has 168 valence electrons. The van der Waals surface area contributed by atoms with E-state index >= 15 is 0 Å². The third-order valence-electron chi connectivity index (χ3n) is 5.80. The number of hydrogen-bond acceptors (Lipinski definition) is 4. The van der Waals surface area contributed by atoms with Crippen LogP contribution < -0.4 is 5.32 Å². The number of nitrogens with zero attached hydrogens (tertiary/aromatic N) is 2. The van der Waals surface area contributed by atoms with Gasteiger partial charge in [0.2, 0.25) is 10.0 Å². The molecule has 0 aromatic heterocycles. The minimum atomic E-state index is -3.47. The fourth-order valence-corrected chi connectivity index (χ4v) is 5.34. The molecule has 1 amide bonds. The quantitative estimate of drug-likeness (QED) is 0.659. The maximum absolute atomic E-state index is 12.7. The summed E-state index contributed by atoms with van der Waals surface area (Å²) in [5, 5.41) is 2.85. The van der Waals surface area contributed by atoms with Gasteiger partial charge >= 0.3 is 0 Å². The molecule has 0 saturated carbocycles. The summed E-state index contributed by atoms with van der Waals surface area (Å²) >= 11 is 0. The molecule has 1 fully saturated rings. The van der Waals surface area contributed by atoms with Crippen molar-refractivity contribution in [2.75, 3.05) is 25.0 Å². The van der Waals surface area contributed by atoms with E-state index < -0.39 is 10.0 Å². The van der Waals surface area contributed by atoms with Crippen molar-refractivity contribution < 1.29 is 13.2 Å². The predicted molar refractivity (Wildman–Crippen MR) is 125 cm³/mol. The fourth-order valence-electron chi connectivity index (χ4n) is 3.82. The molecule has 31 heavy (non-hydrogen) atoms. The van der Waals surface area contributed by atoms with Gasteiger partial charge in [0.05, 0.1) is 4.90 Å². The summed E-state index contributed by atoms with van der Waals surface area (Å²) in [4.78, 5) is 15.2. The lowest BCUT2D eigenvalue weighted by atomic mass is 10.1. The molecule has 1 saturated heterocycles. The molecule has 3 rings (SSSR count). The van der Waals surface area contributed by atoms with Gasteiger partial charge in [0, 0.05) is 36.9 Å². The van der Waals surface area contributed by atoms with Crippen LogP contribution in [0.5, 0.6) is 0 Å². The highest BCUT2D eigenvalue weighted by Crippen LogP contribution is 2.22. The highest BCUT2D eigenvalue weighted by atomic mass is 32.2. The number of piperidine rings is 1. The number of hydrogen-bond donors (Lipinski definition) is 1. The number of benzene rings is 2. The second kappa shape index (κ2) is 10.4. The van der Waals surface area contributed by atoms with Crippen molar-refractivity contribution in [3.05, 3.63) is 59.7 Å². The van der Waals surface area contributed by atoms with E-state index in [-0.39, 0.29) is 10.8 Å². The lowest BCUT2D eigenvalue weighted by Gasteiger charge is -2.25. The molecular weight excluding hydrogens is 410 g/mol. The normalized spacial score (nSPS) is 15.4. The predicted octanol–water partition coefficient (Wildman–Crippen LogP) is 4.34. The summed E-state index contributed by atoms with van der Waals surface area (Å²) in [6, 6.07) is 14.5. The van der Waals surface area contributed by atoms with E-state index in [1.807, 2.05) is 24.3 Å². The number of carbonyl (C=O) groups is 1. The molecule has 0 spiro atoms. The molecule has 0 atom stereocenters. The molecule has 7 heteroatoms. The molecule has 0 unspecified atom stereocenters. The van der Waals surface area contributed by atoms with Gasteiger partial charge in [-0.2, -0.15) is 4.31 Å². The minimum absolute atomic E-state index is 0.214. The molecule has 0 aliphatic carbocycles.